The average molecular weight is 387 g/mol. The first-order valence-corrected chi connectivity index (χ1v) is 8.91. The zero-order valence-electron chi connectivity index (χ0n) is 15.3. The standard InChI is InChI=1S/C22H17N3O4/c26-21(14-25-15-23-18(13-22(25)27)19-11-6-12-28-19)24-17-9-4-5-10-20(17)29-16-7-2-1-3-8-16/h1-13,15H,14H2,(H,24,26). The molecule has 0 saturated heterocycles. The number of hydrogen-bond acceptors (Lipinski definition) is 5. The molecule has 0 unspecified atom stereocenters. The van der Waals surface area contributed by atoms with Crippen LogP contribution in [-0.4, -0.2) is 15.5 Å². The quantitative estimate of drug-likeness (QED) is 0.542. The molecule has 0 radical (unpaired) electrons. The number of furan rings is 1. The fourth-order valence-corrected chi connectivity index (χ4v) is 2.72. The third-order valence-electron chi connectivity index (χ3n) is 4.10. The highest BCUT2D eigenvalue weighted by molar-refractivity contribution is 5.92. The van der Waals surface area contributed by atoms with E-state index >= 15 is 0 Å². The van der Waals surface area contributed by atoms with Crippen molar-refractivity contribution in [1.82, 2.24) is 9.55 Å². The molecule has 4 aromatic rings. The van der Waals surface area contributed by atoms with Gasteiger partial charge in [-0.2, -0.15) is 0 Å². The Kier molecular flexibility index (Phi) is 5.20. The van der Waals surface area contributed by atoms with E-state index in [1.54, 1.807) is 30.3 Å². The van der Waals surface area contributed by atoms with E-state index in [1.807, 2.05) is 36.4 Å². The summed E-state index contributed by atoms with van der Waals surface area (Å²) in [7, 11) is 0. The Balaban J connectivity index is 1.47. The van der Waals surface area contributed by atoms with Crippen LogP contribution in [0.4, 0.5) is 5.69 Å². The topological polar surface area (TPSA) is 86.4 Å². The van der Waals surface area contributed by atoms with Crippen LogP contribution in [0.15, 0.2) is 94.6 Å². The number of amides is 1. The molecule has 0 aliphatic carbocycles. The van der Waals surface area contributed by atoms with Crippen molar-refractivity contribution in [2.45, 2.75) is 6.54 Å². The maximum Gasteiger partial charge on any atom is 0.254 e. The summed E-state index contributed by atoms with van der Waals surface area (Å²) in [6, 6.07) is 21.1. The Morgan fingerprint density at radius 3 is 2.59 bits per heavy atom. The first kappa shape index (κ1) is 18.2. The lowest BCUT2D eigenvalue weighted by Crippen LogP contribution is -2.27. The number of anilines is 1. The summed E-state index contributed by atoms with van der Waals surface area (Å²) in [6.45, 7) is -0.177. The van der Waals surface area contributed by atoms with Crippen molar-refractivity contribution in [1.29, 1.82) is 0 Å². The summed E-state index contributed by atoms with van der Waals surface area (Å²) in [5.74, 6) is 1.28. The number of ether oxygens (including phenoxy) is 1. The molecule has 7 heteroatoms. The van der Waals surface area contributed by atoms with Crippen molar-refractivity contribution in [3.8, 4) is 23.0 Å². The second kappa shape index (κ2) is 8.26. The number of benzene rings is 2. The van der Waals surface area contributed by atoms with Crippen molar-refractivity contribution >= 4 is 11.6 Å². The minimum atomic E-state index is -0.372. The summed E-state index contributed by atoms with van der Waals surface area (Å²) in [6.07, 6.45) is 2.83. The number of hydrogen-bond donors (Lipinski definition) is 1. The monoisotopic (exact) mass is 387 g/mol. The number of para-hydroxylation sites is 3. The zero-order chi connectivity index (χ0) is 20.1. The van der Waals surface area contributed by atoms with Crippen LogP contribution in [0.2, 0.25) is 0 Å². The first-order valence-electron chi connectivity index (χ1n) is 8.91. The highest BCUT2D eigenvalue weighted by atomic mass is 16.5. The van der Waals surface area contributed by atoms with E-state index in [4.69, 9.17) is 9.15 Å². The SMILES string of the molecule is O=C(Cn1cnc(-c2ccco2)cc1=O)Nc1ccccc1Oc1ccccc1. The van der Waals surface area contributed by atoms with Crippen molar-refractivity contribution in [2.75, 3.05) is 5.32 Å². The smallest absolute Gasteiger partial charge is 0.254 e. The predicted molar refractivity (Wildman–Crippen MR) is 108 cm³/mol. The predicted octanol–water partition coefficient (Wildman–Crippen LogP) is 3.93. The molecule has 0 atom stereocenters. The van der Waals surface area contributed by atoms with Gasteiger partial charge in [-0.05, 0) is 36.4 Å². The fourth-order valence-electron chi connectivity index (χ4n) is 2.72. The van der Waals surface area contributed by atoms with Gasteiger partial charge in [0.1, 0.15) is 18.0 Å². The third kappa shape index (κ3) is 4.41. The molecule has 2 heterocycles. The van der Waals surface area contributed by atoms with Crippen LogP contribution in [0.1, 0.15) is 0 Å². The molecule has 7 nitrogen and oxygen atoms in total. The molecule has 29 heavy (non-hydrogen) atoms. The Hall–Kier alpha value is -4.13. The van der Waals surface area contributed by atoms with Gasteiger partial charge in [0.25, 0.3) is 5.56 Å². The van der Waals surface area contributed by atoms with Crippen LogP contribution < -0.4 is 15.6 Å². The van der Waals surface area contributed by atoms with E-state index in [-0.39, 0.29) is 18.0 Å². The van der Waals surface area contributed by atoms with Gasteiger partial charge in [-0.1, -0.05) is 30.3 Å². The number of nitrogens with zero attached hydrogens (tertiary/aromatic N) is 2. The minimum Gasteiger partial charge on any atom is -0.463 e. The molecule has 1 N–H and O–H groups in total. The summed E-state index contributed by atoms with van der Waals surface area (Å²) >= 11 is 0. The van der Waals surface area contributed by atoms with Crippen LogP contribution in [0.3, 0.4) is 0 Å². The lowest BCUT2D eigenvalue weighted by Gasteiger charge is -2.12. The summed E-state index contributed by atoms with van der Waals surface area (Å²) in [4.78, 5) is 29.0. The van der Waals surface area contributed by atoms with Crippen LogP contribution in [0.5, 0.6) is 11.5 Å². The molecule has 0 saturated carbocycles. The second-order valence-electron chi connectivity index (χ2n) is 6.18. The minimum absolute atomic E-state index is 0.177. The number of carbonyl (C=O) groups excluding carboxylic acids is 1. The molecule has 144 valence electrons. The molecule has 0 fully saturated rings. The first-order chi connectivity index (χ1) is 14.2. The van der Waals surface area contributed by atoms with Gasteiger partial charge in [0.15, 0.2) is 11.5 Å². The lowest BCUT2D eigenvalue weighted by atomic mass is 10.2. The normalized spacial score (nSPS) is 10.5. The Morgan fingerprint density at radius 1 is 1.03 bits per heavy atom. The molecule has 4 rings (SSSR count). The van der Waals surface area contributed by atoms with E-state index in [9.17, 15) is 9.59 Å². The molecule has 0 aliphatic heterocycles. The number of nitrogens with one attached hydrogen (secondary N) is 1. The molecule has 2 aromatic heterocycles. The van der Waals surface area contributed by atoms with Crippen molar-refractivity contribution in [3.05, 3.63) is 95.7 Å². The van der Waals surface area contributed by atoms with Gasteiger partial charge < -0.3 is 14.5 Å². The summed E-state index contributed by atoms with van der Waals surface area (Å²) in [5.41, 5.74) is 0.572. The maximum atomic E-state index is 12.5. The fraction of sp³-hybridized carbons (Fsp3) is 0.0455. The lowest BCUT2D eigenvalue weighted by molar-refractivity contribution is -0.116. The number of aromatic nitrogens is 2. The van der Waals surface area contributed by atoms with Crippen molar-refractivity contribution in [3.63, 3.8) is 0 Å². The number of carbonyl (C=O) groups is 1. The highest BCUT2D eigenvalue weighted by Gasteiger charge is 2.11. The maximum absolute atomic E-state index is 12.5. The largest absolute Gasteiger partial charge is 0.463 e. The second-order valence-corrected chi connectivity index (χ2v) is 6.18. The van der Waals surface area contributed by atoms with Crippen molar-refractivity contribution < 1.29 is 13.9 Å². The molecule has 0 spiro atoms. The van der Waals surface area contributed by atoms with Gasteiger partial charge >= 0.3 is 0 Å². The Morgan fingerprint density at radius 2 is 1.83 bits per heavy atom. The van der Waals surface area contributed by atoms with E-state index in [2.05, 4.69) is 10.3 Å². The van der Waals surface area contributed by atoms with Gasteiger partial charge in [0.05, 0.1) is 18.3 Å². The van der Waals surface area contributed by atoms with Gasteiger partial charge in [-0.15, -0.1) is 0 Å². The Labute approximate surface area is 166 Å². The van der Waals surface area contributed by atoms with E-state index < -0.39 is 0 Å². The summed E-state index contributed by atoms with van der Waals surface area (Å²) < 4.78 is 12.3. The molecule has 1 amide bonds. The van der Waals surface area contributed by atoms with E-state index in [0.717, 1.165) is 0 Å². The van der Waals surface area contributed by atoms with E-state index in [1.165, 1.54) is 23.2 Å². The van der Waals surface area contributed by atoms with Crippen LogP contribution in [0, 0.1) is 0 Å². The van der Waals surface area contributed by atoms with Crippen molar-refractivity contribution in [2.24, 2.45) is 0 Å². The molecular weight excluding hydrogens is 370 g/mol. The molecule has 2 aromatic carbocycles. The molecular formula is C22H17N3O4. The molecule has 0 bridgehead atoms. The number of rotatable bonds is 6. The van der Waals surface area contributed by atoms with Crippen LogP contribution in [0.25, 0.3) is 11.5 Å². The van der Waals surface area contributed by atoms with Gasteiger partial charge in [-0.25, -0.2) is 4.98 Å². The van der Waals surface area contributed by atoms with Crippen LogP contribution in [-0.2, 0) is 11.3 Å². The van der Waals surface area contributed by atoms with Gasteiger partial charge in [0, 0.05) is 6.07 Å². The van der Waals surface area contributed by atoms with Gasteiger partial charge in [0.2, 0.25) is 5.91 Å². The van der Waals surface area contributed by atoms with Crippen LogP contribution >= 0.6 is 0 Å². The third-order valence-corrected chi connectivity index (χ3v) is 4.10. The average Bonchev–Trinajstić information content (AvgIpc) is 3.27. The van der Waals surface area contributed by atoms with E-state index in [0.29, 0.717) is 28.6 Å². The zero-order valence-corrected chi connectivity index (χ0v) is 15.3. The highest BCUT2D eigenvalue weighted by Crippen LogP contribution is 2.29. The van der Waals surface area contributed by atoms with Gasteiger partial charge in [-0.3, -0.25) is 14.2 Å². The summed E-state index contributed by atoms with van der Waals surface area (Å²) in [5, 5.41) is 2.78. The molecule has 0 aliphatic rings. The Bertz CT molecular complexity index is 1170.